The summed E-state index contributed by atoms with van der Waals surface area (Å²) in [5, 5.41) is 0. The number of hydrogen-bond donors (Lipinski definition) is 0. The predicted octanol–water partition coefficient (Wildman–Crippen LogP) is 4.34. The van der Waals surface area contributed by atoms with Crippen LogP contribution in [0.4, 0.5) is 4.79 Å². The molecule has 2 rings (SSSR count). The molecular formula is C25H38N2O6. The number of nitrogens with zero attached hydrogens (tertiary/aromatic N) is 2. The van der Waals surface area contributed by atoms with Crippen molar-refractivity contribution in [3.05, 3.63) is 23.3 Å². The van der Waals surface area contributed by atoms with Crippen LogP contribution < -0.4 is 0 Å². The van der Waals surface area contributed by atoms with Gasteiger partial charge in [-0.3, -0.25) is 14.4 Å². The van der Waals surface area contributed by atoms with Gasteiger partial charge in [-0.05, 0) is 57.9 Å². The Bertz CT molecular complexity index is 827. The lowest BCUT2D eigenvalue weighted by Gasteiger charge is -2.35. The van der Waals surface area contributed by atoms with Gasteiger partial charge in [0.1, 0.15) is 11.6 Å². The summed E-state index contributed by atoms with van der Waals surface area (Å²) in [6.07, 6.45) is 6.48. The summed E-state index contributed by atoms with van der Waals surface area (Å²) >= 11 is 0. The Morgan fingerprint density at radius 3 is 2.55 bits per heavy atom. The van der Waals surface area contributed by atoms with Crippen molar-refractivity contribution >= 4 is 23.9 Å². The Balaban J connectivity index is 1.99. The van der Waals surface area contributed by atoms with Crippen molar-refractivity contribution in [2.45, 2.75) is 91.7 Å². The molecular weight excluding hydrogens is 424 g/mol. The second-order valence-corrected chi connectivity index (χ2v) is 9.66. The topological polar surface area (TPSA) is 93.2 Å². The second kappa shape index (κ2) is 11.5. The van der Waals surface area contributed by atoms with Crippen molar-refractivity contribution in [3.63, 3.8) is 0 Å². The molecule has 0 aromatic rings. The molecule has 2 heterocycles. The zero-order chi connectivity index (χ0) is 24.8. The fourth-order valence-corrected chi connectivity index (χ4v) is 4.16. The quantitative estimate of drug-likeness (QED) is 0.287. The maximum Gasteiger partial charge on any atom is 0.510 e. The molecule has 0 radical (unpaired) electrons. The molecule has 3 amide bonds. The monoisotopic (exact) mass is 462 g/mol. The minimum absolute atomic E-state index is 0.0945. The third-order valence-corrected chi connectivity index (χ3v) is 6.03. The molecule has 0 bridgehead atoms. The van der Waals surface area contributed by atoms with E-state index in [1.165, 1.54) is 4.90 Å². The third kappa shape index (κ3) is 6.92. The number of hydrogen-bond acceptors (Lipinski definition) is 6. The normalized spacial score (nSPS) is 22.2. The van der Waals surface area contributed by atoms with Gasteiger partial charge in [-0.15, -0.1) is 0 Å². The van der Waals surface area contributed by atoms with Crippen LogP contribution in [-0.2, 0) is 23.9 Å². The molecule has 0 N–H and O–H groups in total. The van der Waals surface area contributed by atoms with Crippen molar-refractivity contribution in [1.29, 1.82) is 0 Å². The number of likely N-dealkylation sites (tertiary alicyclic amines) is 2. The second-order valence-electron chi connectivity index (χ2n) is 9.66. The summed E-state index contributed by atoms with van der Waals surface area (Å²) in [5.74, 6) is -0.600. The van der Waals surface area contributed by atoms with Gasteiger partial charge >= 0.3 is 6.16 Å². The maximum absolute atomic E-state index is 13.1. The number of amides is 3. The number of allylic oxidation sites excluding steroid dienone is 2. The van der Waals surface area contributed by atoms with E-state index in [-0.39, 0.29) is 18.7 Å². The summed E-state index contributed by atoms with van der Waals surface area (Å²) in [6.45, 7) is 11.5. The first-order valence-electron chi connectivity index (χ1n) is 11.9. The van der Waals surface area contributed by atoms with E-state index in [0.717, 1.165) is 23.3 Å². The average molecular weight is 463 g/mol. The number of imide groups is 1. The molecule has 1 atom stereocenters. The number of ether oxygens (including phenoxy) is 2. The van der Waals surface area contributed by atoms with Crippen LogP contribution in [0.3, 0.4) is 0 Å². The highest BCUT2D eigenvalue weighted by Crippen LogP contribution is 2.30. The van der Waals surface area contributed by atoms with Crippen molar-refractivity contribution < 1.29 is 28.7 Å². The van der Waals surface area contributed by atoms with Crippen LogP contribution in [-0.4, -0.2) is 58.6 Å². The highest BCUT2D eigenvalue weighted by molar-refractivity contribution is 6.06. The van der Waals surface area contributed by atoms with E-state index in [9.17, 15) is 19.2 Å². The smallest absolute Gasteiger partial charge is 0.428 e. The Morgan fingerprint density at radius 2 is 1.94 bits per heavy atom. The van der Waals surface area contributed by atoms with Crippen LogP contribution in [0, 0.1) is 5.92 Å². The standard InChI is InChI=1S/C25H38N2O6/c1-7-10-19-18(8-2)15-26(22(19)29)20-12-13-21(28)27(23(20)30)16-32-24(31)33-25(5,6)14-9-11-17(3)4/h8,10,17,20H,7,9,11-16H2,1-6H3/b18-8-,19-10+. The summed E-state index contributed by atoms with van der Waals surface area (Å²) in [6, 6.07) is -0.764. The van der Waals surface area contributed by atoms with Crippen LogP contribution in [0.15, 0.2) is 23.3 Å². The molecule has 0 saturated carbocycles. The molecule has 1 unspecified atom stereocenters. The van der Waals surface area contributed by atoms with Crippen molar-refractivity contribution in [2.75, 3.05) is 13.3 Å². The lowest BCUT2D eigenvalue weighted by molar-refractivity contribution is -0.160. The molecule has 184 valence electrons. The van der Waals surface area contributed by atoms with E-state index in [0.29, 0.717) is 30.9 Å². The van der Waals surface area contributed by atoms with Crippen LogP contribution in [0.2, 0.25) is 0 Å². The maximum atomic E-state index is 13.1. The van der Waals surface area contributed by atoms with E-state index in [4.69, 9.17) is 9.47 Å². The first kappa shape index (κ1) is 26.6. The van der Waals surface area contributed by atoms with Gasteiger partial charge in [0.25, 0.3) is 11.8 Å². The van der Waals surface area contributed by atoms with Crippen molar-refractivity contribution in [2.24, 2.45) is 5.92 Å². The van der Waals surface area contributed by atoms with Gasteiger partial charge in [-0.25, -0.2) is 9.69 Å². The minimum Gasteiger partial charge on any atom is -0.428 e. The summed E-state index contributed by atoms with van der Waals surface area (Å²) in [4.78, 5) is 53.0. The summed E-state index contributed by atoms with van der Waals surface area (Å²) < 4.78 is 10.5. The molecule has 0 aromatic heterocycles. The van der Waals surface area contributed by atoms with Gasteiger partial charge < -0.3 is 14.4 Å². The van der Waals surface area contributed by atoms with E-state index in [2.05, 4.69) is 13.8 Å². The fourth-order valence-electron chi connectivity index (χ4n) is 4.16. The van der Waals surface area contributed by atoms with Gasteiger partial charge in [0.2, 0.25) is 5.91 Å². The van der Waals surface area contributed by atoms with Crippen LogP contribution in [0.1, 0.15) is 80.1 Å². The largest absolute Gasteiger partial charge is 0.510 e. The zero-order valence-electron chi connectivity index (χ0n) is 20.8. The molecule has 2 fully saturated rings. The summed E-state index contributed by atoms with van der Waals surface area (Å²) in [5.41, 5.74) is 0.769. The van der Waals surface area contributed by atoms with E-state index in [1.807, 2.05) is 26.0 Å². The molecule has 8 heteroatoms. The van der Waals surface area contributed by atoms with Gasteiger partial charge in [0.05, 0.1) is 0 Å². The van der Waals surface area contributed by atoms with Gasteiger partial charge in [0, 0.05) is 18.5 Å². The molecule has 2 aliphatic heterocycles. The lowest BCUT2D eigenvalue weighted by atomic mass is 9.97. The molecule has 8 nitrogen and oxygen atoms in total. The molecule has 0 aromatic carbocycles. The lowest BCUT2D eigenvalue weighted by Crippen LogP contribution is -2.55. The van der Waals surface area contributed by atoms with E-state index in [1.54, 1.807) is 13.8 Å². The van der Waals surface area contributed by atoms with Gasteiger partial charge in [0.15, 0.2) is 6.73 Å². The Morgan fingerprint density at radius 1 is 1.24 bits per heavy atom. The van der Waals surface area contributed by atoms with Crippen LogP contribution in [0.5, 0.6) is 0 Å². The molecule has 2 saturated heterocycles. The Hall–Kier alpha value is -2.64. The van der Waals surface area contributed by atoms with Crippen LogP contribution in [0.25, 0.3) is 0 Å². The van der Waals surface area contributed by atoms with E-state index < -0.39 is 36.3 Å². The average Bonchev–Trinajstić information content (AvgIpc) is 3.03. The Labute approximate surface area is 196 Å². The fraction of sp³-hybridized carbons (Fsp3) is 0.680. The highest BCUT2D eigenvalue weighted by atomic mass is 16.7. The molecule has 0 spiro atoms. The highest BCUT2D eigenvalue weighted by Gasteiger charge is 2.44. The summed E-state index contributed by atoms with van der Waals surface area (Å²) in [7, 11) is 0. The third-order valence-electron chi connectivity index (χ3n) is 6.03. The van der Waals surface area contributed by atoms with Crippen molar-refractivity contribution in [1.82, 2.24) is 9.80 Å². The SMILES string of the molecule is C/C=C1/CN(C2CCC(=O)N(COC(=O)OC(C)(C)CCCC(C)C)C2=O)C(=O)/C1=C/CC. The number of carbonyl (C=O) groups is 4. The zero-order valence-corrected chi connectivity index (χ0v) is 20.8. The van der Waals surface area contributed by atoms with Crippen LogP contribution >= 0.6 is 0 Å². The van der Waals surface area contributed by atoms with Crippen molar-refractivity contribution in [3.8, 4) is 0 Å². The Kier molecular flexibility index (Phi) is 9.25. The predicted molar refractivity (Wildman–Crippen MR) is 124 cm³/mol. The van der Waals surface area contributed by atoms with Gasteiger partial charge in [-0.2, -0.15) is 0 Å². The first-order valence-corrected chi connectivity index (χ1v) is 11.9. The van der Waals surface area contributed by atoms with Gasteiger partial charge in [-0.1, -0.05) is 39.3 Å². The van der Waals surface area contributed by atoms with E-state index >= 15 is 0 Å². The number of carbonyl (C=O) groups excluding carboxylic acids is 4. The minimum atomic E-state index is -0.922. The number of piperidine rings is 1. The first-order chi connectivity index (χ1) is 15.5. The molecule has 2 aliphatic rings. The number of rotatable bonds is 9. The molecule has 0 aliphatic carbocycles. The molecule has 33 heavy (non-hydrogen) atoms.